The fraction of sp³-hybridized carbons (Fsp3) is 0.286. The lowest BCUT2D eigenvalue weighted by atomic mass is 9.90. The van der Waals surface area contributed by atoms with Crippen LogP contribution < -0.4 is 15.8 Å². The Morgan fingerprint density at radius 3 is 2.54 bits per heavy atom. The van der Waals surface area contributed by atoms with Crippen LogP contribution in [-0.4, -0.2) is 30.4 Å². The number of aryl methyl sites for hydroxylation is 1. The first kappa shape index (κ1) is 19.4. The molecule has 7 nitrogen and oxygen atoms in total. The Labute approximate surface area is 163 Å². The molecule has 4 N–H and O–H groups in total. The number of anilines is 1. The van der Waals surface area contributed by atoms with E-state index in [0.717, 1.165) is 12.0 Å². The molecule has 2 aromatic rings. The standard InChI is InChI=1S/C21H23N3O4/c1-21(12-18(25)27-2)10-9-15-11-16(7-8-17(15)28-21)24-20(26)14-5-3-13(4-6-14)19(22)23/h3-8,11H,9-10,12H2,1-2H3,(H3,22,23)(H,24,26). The van der Waals surface area contributed by atoms with Crippen LogP contribution in [0, 0.1) is 5.41 Å². The molecule has 146 valence electrons. The fourth-order valence-electron chi connectivity index (χ4n) is 3.17. The van der Waals surface area contributed by atoms with Crippen molar-refractivity contribution in [1.82, 2.24) is 0 Å². The summed E-state index contributed by atoms with van der Waals surface area (Å²) in [5, 5.41) is 10.3. The number of carbonyl (C=O) groups is 2. The average molecular weight is 381 g/mol. The summed E-state index contributed by atoms with van der Waals surface area (Å²) in [7, 11) is 1.37. The van der Waals surface area contributed by atoms with Gasteiger partial charge in [-0.1, -0.05) is 12.1 Å². The molecule has 0 radical (unpaired) electrons. The number of esters is 1. The number of fused-ring (bicyclic) bond motifs is 1. The van der Waals surface area contributed by atoms with Gasteiger partial charge in [-0.2, -0.15) is 0 Å². The fourth-order valence-corrected chi connectivity index (χ4v) is 3.17. The summed E-state index contributed by atoms with van der Waals surface area (Å²) >= 11 is 0. The second-order valence-corrected chi connectivity index (χ2v) is 7.07. The Balaban J connectivity index is 1.70. The molecule has 1 aliphatic rings. The molecule has 2 aromatic carbocycles. The van der Waals surface area contributed by atoms with Gasteiger partial charge in [0.1, 0.15) is 17.2 Å². The van der Waals surface area contributed by atoms with Crippen LogP contribution in [0.5, 0.6) is 5.75 Å². The zero-order chi connectivity index (χ0) is 20.3. The molecule has 28 heavy (non-hydrogen) atoms. The number of amides is 1. The predicted octanol–water partition coefficient (Wildman–Crippen LogP) is 2.87. The molecule has 7 heteroatoms. The minimum absolute atomic E-state index is 0.0409. The van der Waals surface area contributed by atoms with Crippen molar-refractivity contribution >= 4 is 23.4 Å². The topological polar surface area (TPSA) is 114 Å². The van der Waals surface area contributed by atoms with E-state index in [4.69, 9.17) is 20.6 Å². The van der Waals surface area contributed by atoms with Crippen LogP contribution in [0.4, 0.5) is 5.69 Å². The smallest absolute Gasteiger partial charge is 0.309 e. The maximum atomic E-state index is 12.4. The minimum Gasteiger partial charge on any atom is -0.487 e. The normalized spacial score (nSPS) is 17.8. The molecule has 0 bridgehead atoms. The Morgan fingerprint density at radius 2 is 1.89 bits per heavy atom. The molecule has 0 aromatic heterocycles. The highest BCUT2D eigenvalue weighted by molar-refractivity contribution is 6.05. The van der Waals surface area contributed by atoms with E-state index in [9.17, 15) is 9.59 Å². The SMILES string of the molecule is COC(=O)CC1(C)CCc2cc(NC(=O)c3ccc(C(=N)N)cc3)ccc2O1. The van der Waals surface area contributed by atoms with Gasteiger partial charge in [0.15, 0.2) is 0 Å². The first-order valence-electron chi connectivity index (χ1n) is 8.94. The summed E-state index contributed by atoms with van der Waals surface area (Å²) in [5.74, 6) is 0.121. The van der Waals surface area contributed by atoms with Crippen LogP contribution in [0.1, 0.15) is 41.3 Å². The predicted molar refractivity (Wildman–Crippen MR) is 106 cm³/mol. The van der Waals surface area contributed by atoms with E-state index in [1.807, 2.05) is 13.0 Å². The van der Waals surface area contributed by atoms with Crippen molar-refractivity contribution in [3.05, 3.63) is 59.2 Å². The van der Waals surface area contributed by atoms with E-state index in [-0.39, 0.29) is 24.1 Å². The Bertz CT molecular complexity index is 924. The van der Waals surface area contributed by atoms with Gasteiger partial charge in [-0.3, -0.25) is 15.0 Å². The number of amidine groups is 1. The molecular formula is C21H23N3O4. The van der Waals surface area contributed by atoms with Gasteiger partial charge in [0.2, 0.25) is 0 Å². The van der Waals surface area contributed by atoms with Crippen molar-refractivity contribution in [1.29, 1.82) is 5.41 Å². The molecule has 0 fully saturated rings. The third-order valence-electron chi connectivity index (χ3n) is 4.80. The molecule has 1 heterocycles. The van der Waals surface area contributed by atoms with Crippen molar-refractivity contribution in [3.8, 4) is 5.75 Å². The van der Waals surface area contributed by atoms with Crippen molar-refractivity contribution in [2.24, 2.45) is 5.73 Å². The average Bonchev–Trinajstić information content (AvgIpc) is 2.68. The lowest BCUT2D eigenvalue weighted by Gasteiger charge is -2.35. The van der Waals surface area contributed by atoms with E-state index in [0.29, 0.717) is 29.0 Å². The number of nitrogen functional groups attached to an aromatic ring is 1. The minimum atomic E-state index is -0.594. The molecule has 1 unspecified atom stereocenters. The van der Waals surface area contributed by atoms with E-state index in [1.54, 1.807) is 36.4 Å². The first-order chi connectivity index (χ1) is 13.3. The Kier molecular flexibility index (Phi) is 5.35. The number of rotatable bonds is 5. The maximum Gasteiger partial charge on any atom is 0.309 e. The van der Waals surface area contributed by atoms with E-state index in [1.165, 1.54) is 7.11 Å². The molecule has 1 atom stereocenters. The number of ether oxygens (including phenoxy) is 2. The summed E-state index contributed by atoms with van der Waals surface area (Å²) in [5.41, 5.74) is 7.52. The highest BCUT2D eigenvalue weighted by Gasteiger charge is 2.34. The second kappa shape index (κ2) is 7.72. The molecule has 3 rings (SSSR count). The lowest BCUT2D eigenvalue weighted by Crippen LogP contribution is -2.38. The zero-order valence-electron chi connectivity index (χ0n) is 15.9. The number of benzene rings is 2. The van der Waals surface area contributed by atoms with E-state index < -0.39 is 5.60 Å². The first-order valence-corrected chi connectivity index (χ1v) is 8.94. The number of methoxy groups -OCH3 is 1. The van der Waals surface area contributed by atoms with Gasteiger partial charge in [-0.25, -0.2) is 0 Å². The number of hydrogen-bond acceptors (Lipinski definition) is 5. The largest absolute Gasteiger partial charge is 0.487 e. The molecular weight excluding hydrogens is 358 g/mol. The van der Waals surface area contributed by atoms with Crippen LogP contribution in [0.2, 0.25) is 0 Å². The zero-order valence-corrected chi connectivity index (χ0v) is 15.9. The van der Waals surface area contributed by atoms with Crippen LogP contribution in [0.3, 0.4) is 0 Å². The third kappa shape index (κ3) is 4.31. The van der Waals surface area contributed by atoms with Crippen LogP contribution in [-0.2, 0) is 16.0 Å². The summed E-state index contributed by atoms with van der Waals surface area (Å²) in [6.45, 7) is 1.90. The summed E-state index contributed by atoms with van der Waals surface area (Å²) in [6.07, 6.45) is 1.61. The highest BCUT2D eigenvalue weighted by atomic mass is 16.5. The highest BCUT2D eigenvalue weighted by Crippen LogP contribution is 2.36. The van der Waals surface area contributed by atoms with Gasteiger partial charge >= 0.3 is 5.97 Å². The van der Waals surface area contributed by atoms with Gasteiger partial charge < -0.3 is 20.5 Å². The molecule has 0 spiro atoms. The molecule has 1 aliphatic heterocycles. The lowest BCUT2D eigenvalue weighted by molar-refractivity contribution is -0.145. The van der Waals surface area contributed by atoms with Gasteiger partial charge in [-0.15, -0.1) is 0 Å². The molecule has 0 aliphatic carbocycles. The van der Waals surface area contributed by atoms with Gasteiger partial charge in [-0.05, 0) is 55.7 Å². The summed E-state index contributed by atoms with van der Waals surface area (Å²) in [4.78, 5) is 24.0. The molecule has 0 saturated carbocycles. The Hall–Kier alpha value is -3.35. The number of carbonyl (C=O) groups excluding carboxylic acids is 2. The van der Waals surface area contributed by atoms with Crippen LogP contribution >= 0.6 is 0 Å². The van der Waals surface area contributed by atoms with Crippen molar-refractivity contribution in [2.75, 3.05) is 12.4 Å². The third-order valence-corrected chi connectivity index (χ3v) is 4.80. The summed E-state index contributed by atoms with van der Waals surface area (Å²) in [6, 6.07) is 12.0. The quantitative estimate of drug-likeness (QED) is 0.418. The van der Waals surface area contributed by atoms with Gasteiger partial charge in [0.05, 0.1) is 13.5 Å². The summed E-state index contributed by atoms with van der Waals surface area (Å²) < 4.78 is 10.8. The number of nitrogens with one attached hydrogen (secondary N) is 2. The van der Waals surface area contributed by atoms with Crippen molar-refractivity contribution in [2.45, 2.75) is 31.8 Å². The van der Waals surface area contributed by atoms with Crippen LogP contribution in [0.25, 0.3) is 0 Å². The second-order valence-electron chi connectivity index (χ2n) is 7.07. The molecule has 1 amide bonds. The monoisotopic (exact) mass is 381 g/mol. The van der Waals surface area contributed by atoms with Gasteiger partial charge in [0, 0.05) is 16.8 Å². The van der Waals surface area contributed by atoms with Crippen LogP contribution in [0.15, 0.2) is 42.5 Å². The Morgan fingerprint density at radius 1 is 1.21 bits per heavy atom. The maximum absolute atomic E-state index is 12.4. The van der Waals surface area contributed by atoms with Gasteiger partial charge in [0.25, 0.3) is 5.91 Å². The van der Waals surface area contributed by atoms with Crippen molar-refractivity contribution in [3.63, 3.8) is 0 Å². The van der Waals surface area contributed by atoms with Crippen molar-refractivity contribution < 1.29 is 19.1 Å². The van der Waals surface area contributed by atoms with E-state index >= 15 is 0 Å². The molecule has 0 saturated heterocycles. The van der Waals surface area contributed by atoms with E-state index in [2.05, 4.69) is 5.32 Å². The number of hydrogen-bond donors (Lipinski definition) is 3. The number of nitrogens with two attached hydrogens (primary N) is 1.